The summed E-state index contributed by atoms with van der Waals surface area (Å²) in [4.78, 5) is 13.1. The quantitative estimate of drug-likeness (QED) is 0.446. The van der Waals surface area contributed by atoms with Gasteiger partial charge in [0.2, 0.25) is 0 Å². The van der Waals surface area contributed by atoms with Gasteiger partial charge in [0, 0.05) is 9.75 Å². The highest BCUT2D eigenvalue weighted by Gasteiger charge is 2.20. The molecule has 0 amide bonds. The SMILES string of the molecule is Cc1ccc(C(C)Nc2cccc(NN)c2[N+](=O)[O-])s1. The lowest BCUT2D eigenvalue weighted by Crippen LogP contribution is -2.12. The van der Waals surface area contributed by atoms with E-state index in [1.54, 1.807) is 29.5 Å². The molecule has 0 spiro atoms. The number of nitro groups is 1. The van der Waals surface area contributed by atoms with Gasteiger partial charge in [0.25, 0.3) is 0 Å². The van der Waals surface area contributed by atoms with E-state index in [0.29, 0.717) is 5.69 Å². The number of nitro benzene ring substituents is 1. The highest BCUT2D eigenvalue weighted by molar-refractivity contribution is 7.12. The summed E-state index contributed by atoms with van der Waals surface area (Å²) in [6, 6.07) is 9.01. The second-order valence-electron chi connectivity index (χ2n) is 4.42. The highest BCUT2D eigenvalue weighted by Crippen LogP contribution is 2.35. The minimum absolute atomic E-state index is 0.0135. The first-order chi connectivity index (χ1) is 9.52. The summed E-state index contributed by atoms with van der Waals surface area (Å²) in [6.07, 6.45) is 0. The van der Waals surface area contributed by atoms with Crippen molar-refractivity contribution in [2.75, 3.05) is 10.7 Å². The van der Waals surface area contributed by atoms with E-state index in [-0.39, 0.29) is 17.4 Å². The second kappa shape index (κ2) is 5.89. The summed E-state index contributed by atoms with van der Waals surface area (Å²) in [5.41, 5.74) is 3.04. The van der Waals surface area contributed by atoms with Crippen molar-refractivity contribution in [1.29, 1.82) is 0 Å². The number of nitrogen functional groups attached to an aromatic ring is 1. The summed E-state index contributed by atoms with van der Waals surface area (Å²) >= 11 is 1.67. The number of para-hydroxylation sites is 1. The molecular formula is C13H16N4O2S. The van der Waals surface area contributed by atoms with Crippen molar-refractivity contribution in [3.05, 3.63) is 50.2 Å². The summed E-state index contributed by atoms with van der Waals surface area (Å²) in [7, 11) is 0. The van der Waals surface area contributed by atoms with Crippen LogP contribution >= 0.6 is 11.3 Å². The van der Waals surface area contributed by atoms with Gasteiger partial charge >= 0.3 is 5.69 Å². The lowest BCUT2D eigenvalue weighted by molar-refractivity contribution is -0.383. The topological polar surface area (TPSA) is 93.2 Å². The number of hydrogen-bond donors (Lipinski definition) is 3. The number of anilines is 2. The van der Waals surface area contributed by atoms with E-state index in [0.717, 1.165) is 4.88 Å². The van der Waals surface area contributed by atoms with Gasteiger partial charge in [-0.25, -0.2) is 0 Å². The molecule has 20 heavy (non-hydrogen) atoms. The van der Waals surface area contributed by atoms with Crippen LogP contribution in [0.15, 0.2) is 30.3 Å². The molecule has 0 saturated heterocycles. The minimum Gasteiger partial charge on any atom is -0.372 e. The molecule has 106 valence electrons. The van der Waals surface area contributed by atoms with Gasteiger partial charge in [-0.2, -0.15) is 0 Å². The third-order valence-electron chi connectivity index (χ3n) is 2.93. The predicted octanol–water partition coefficient (Wildman–Crippen LogP) is 3.42. The fourth-order valence-electron chi connectivity index (χ4n) is 1.96. The van der Waals surface area contributed by atoms with Crippen LogP contribution in [0.2, 0.25) is 0 Å². The van der Waals surface area contributed by atoms with Gasteiger partial charge in [0.15, 0.2) is 0 Å². The lowest BCUT2D eigenvalue weighted by Gasteiger charge is -2.15. The van der Waals surface area contributed by atoms with Crippen LogP contribution in [0.1, 0.15) is 22.7 Å². The predicted molar refractivity (Wildman–Crippen MR) is 82.0 cm³/mol. The Morgan fingerprint density at radius 2 is 2.00 bits per heavy atom. The van der Waals surface area contributed by atoms with Crippen LogP contribution in [-0.4, -0.2) is 4.92 Å². The first-order valence-corrected chi connectivity index (χ1v) is 6.91. The van der Waals surface area contributed by atoms with Crippen LogP contribution < -0.4 is 16.6 Å². The Bertz CT molecular complexity index is 627. The van der Waals surface area contributed by atoms with Crippen molar-refractivity contribution in [2.45, 2.75) is 19.9 Å². The molecule has 1 unspecified atom stereocenters. The number of nitrogens with one attached hydrogen (secondary N) is 2. The van der Waals surface area contributed by atoms with Crippen LogP contribution in [0.5, 0.6) is 0 Å². The molecule has 6 nitrogen and oxygen atoms in total. The zero-order valence-corrected chi connectivity index (χ0v) is 12.0. The smallest absolute Gasteiger partial charge is 0.316 e. The van der Waals surface area contributed by atoms with Crippen molar-refractivity contribution in [2.24, 2.45) is 5.84 Å². The molecule has 1 heterocycles. The monoisotopic (exact) mass is 292 g/mol. The molecule has 2 aromatic rings. The van der Waals surface area contributed by atoms with Crippen LogP contribution in [0, 0.1) is 17.0 Å². The molecule has 4 N–H and O–H groups in total. The molecule has 7 heteroatoms. The average molecular weight is 292 g/mol. The number of thiophene rings is 1. The maximum Gasteiger partial charge on any atom is 0.316 e. The van der Waals surface area contributed by atoms with E-state index in [4.69, 9.17) is 5.84 Å². The number of nitrogens with two attached hydrogens (primary N) is 1. The zero-order chi connectivity index (χ0) is 14.7. The van der Waals surface area contributed by atoms with Gasteiger partial charge < -0.3 is 10.7 Å². The number of aryl methyl sites for hydroxylation is 1. The van der Waals surface area contributed by atoms with Crippen molar-refractivity contribution in [3.63, 3.8) is 0 Å². The van der Waals surface area contributed by atoms with E-state index in [1.165, 1.54) is 4.88 Å². The molecule has 1 aromatic carbocycles. The van der Waals surface area contributed by atoms with Crippen molar-refractivity contribution in [3.8, 4) is 0 Å². The van der Waals surface area contributed by atoms with Crippen molar-refractivity contribution < 1.29 is 4.92 Å². The Morgan fingerprint density at radius 3 is 2.55 bits per heavy atom. The molecule has 1 atom stereocenters. The highest BCUT2D eigenvalue weighted by atomic mass is 32.1. The first-order valence-electron chi connectivity index (χ1n) is 6.10. The van der Waals surface area contributed by atoms with Gasteiger partial charge in [-0.1, -0.05) is 6.07 Å². The van der Waals surface area contributed by atoms with Gasteiger partial charge in [0.1, 0.15) is 11.4 Å². The molecule has 0 bridgehead atoms. The molecule has 0 saturated carbocycles. The largest absolute Gasteiger partial charge is 0.372 e. The van der Waals surface area contributed by atoms with Gasteiger partial charge in [0.05, 0.1) is 11.0 Å². The Kier molecular flexibility index (Phi) is 4.21. The van der Waals surface area contributed by atoms with Gasteiger partial charge in [-0.15, -0.1) is 11.3 Å². The normalized spacial score (nSPS) is 11.9. The fourth-order valence-corrected chi connectivity index (χ4v) is 2.84. The fraction of sp³-hybridized carbons (Fsp3) is 0.231. The third-order valence-corrected chi connectivity index (χ3v) is 4.12. The van der Waals surface area contributed by atoms with Crippen LogP contribution in [-0.2, 0) is 0 Å². The van der Waals surface area contributed by atoms with Crippen molar-refractivity contribution in [1.82, 2.24) is 0 Å². The average Bonchev–Trinajstić information content (AvgIpc) is 2.84. The van der Waals surface area contributed by atoms with E-state index >= 15 is 0 Å². The Labute approximate surface area is 120 Å². The maximum absolute atomic E-state index is 11.2. The number of rotatable bonds is 5. The standard InChI is InChI=1S/C13H16N4O2S/c1-8-6-7-12(20-8)9(2)15-10-4-3-5-11(16-14)13(10)17(18)19/h3-7,9,15-16H,14H2,1-2H3. The maximum atomic E-state index is 11.2. The molecule has 0 aliphatic rings. The van der Waals surface area contributed by atoms with Crippen LogP contribution in [0.25, 0.3) is 0 Å². The molecule has 0 aliphatic carbocycles. The molecular weight excluding hydrogens is 276 g/mol. The third kappa shape index (κ3) is 2.89. The van der Waals surface area contributed by atoms with Crippen LogP contribution in [0.4, 0.5) is 17.1 Å². The Morgan fingerprint density at radius 1 is 1.30 bits per heavy atom. The van der Waals surface area contributed by atoms with E-state index in [2.05, 4.69) is 10.7 Å². The van der Waals surface area contributed by atoms with E-state index in [9.17, 15) is 10.1 Å². The summed E-state index contributed by atoms with van der Waals surface area (Å²) in [5.74, 6) is 5.32. The van der Waals surface area contributed by atoms with E-state index < -0.39 is 4.92 Å². The summed E-state index contributed by atoms with van der Waals surface area (Å²) in [5, 5.41) is 14.4. The lowest BCUT2D eigenvalue weighted by atomic mass is 10.2. The Balaban J connectivity index is 2.31. The minimum atomic E-state index is -0.441. The van der Waals surface area contributed by atoms with Crippen LogP contribution in [0.3, 0.4) is 0 Å². The Hall–Kier alpha value is -2.12. The first kappa shape index (κ1) is 14.3. The van der Waals surface area contributed by atoms with Gasteiger partial charge in [-0.3, -0.25) is 16.0 Å². The number of hydrogen-bond acceptors (Lipinski definition) is 6. The number of nitrogens with zero attached hydrogens (tertiary/aromatic N) is 1. The number of hydrazine groups is 1. The van der Waals surface area contributed by atoms with Crippen molar-refractivity contribution >= 4 is 28.4 Å². The number of benzene rings is 1. The van der Waals surface area contributed by atoms with Gasteiger partial charge in [-0.05, 0) is 38.1 Å². The molecule has 1 aromatic heterocycles. The molecule has 2 rings (SSSR count). The summed E-state index contributed by atoms with van der Waals surface area (Å²) in [6.45, 7) is 4.00. The second-order valence-corrected chi connectivity index (χ2v) is 5.74. The molecule has 0 radical (unpaired) electrons. The summed E-state index contributed by atoms with van der Waals surface area (Å²) < 4.78 is 0. The molecule has 0 aliphatic heterocycles. The zero-order valence-electron chi connectivity index (χ0n) is 11.2. The van der Waals surface area contributed by atoms with E-state index in [1.807, 2.05) is 26.0 Å². The molecule has 0 fully saturated rings.